The van der Waals surface area contributed by atoms with Crippen LogP contribution >= 0.6 is 27.7 Å². The predicted octanol–water partition coefficient (Wildman–Crippen LogP) is 2.13. The van der Waals surface area contributed by atoms with E-state index in [1.807, 2.05) is 11.8 Å². The highest BCUT2D eigenvalue weighted by Gasteiger charge is 2.26. The molecule has 1 fully saturated rings. The van der Waals surface area contributed by atoms with E-state index in [1.54, 1.807) is 0 Å². The Hall–Kier alpha value is 0.260. The first-order chi connectivity index (χ1) is 8.19. The van der Waals surface area contributed by atoms with E-state index < -0.39 is 0 Å². The largest absolute Gasteiger partial charge is 0.349 e. The molecule has 17 heavy (non-hydrogen) atoms. The summed E-state index contributed by atoms with van der Waals surface area (Å²) in [4.78, 5) is 9.69. The molecule has 5 heteroatoms. The maximum atomic E-state index is 4.65. The predicted molar refractivity (Wildman–Crippen MR) is 80.3 cm³/mol. The smallest absolute Gasteiger partial charge is 0.159 e. The van der Waals surface area contributed by atoms with Crippen LogP contribution in [0.3, 0.4) is 0 Å². The van der Waals surface area contributed by atoms with Crippen LogP contribution in [0.15, 0.2) is 4.99 Å². The fourth-order valence-electron chi connectivity index (χ4n) is 2.30. The molecule has 2 aliphatic rings. The van der Waals surface area contributed by atoms with Crippen molar-refractivity contribution in [2.45, 2.75) is 19.1 Å². The lowest BCUT2D eigenvalue weighted by molar-refractivity contribution is 0.168. The number of hydrogen-bond acceptors (Lipinski definition) is 4. The number of thioether (sulfide) groups is 1. The monoisotopic (exact) mass is 319 g/mol. The summed E-state index contributed by atoms with van der Waals surface area (Å²) in [6.07, 6.45) is 0. The van der Waals surface area contributed by atoms with Gasteiger partial charge in [-0.3, -0.25) is 9.89 Å². The summed E-state index contributed by atoms with van der Waals surface area (Å²) in [5, 5.41) is 2.98. The molecule has 0 radical (unpaired) electrons. The van der Waals surface area contributed by atoms with Crippen LogP contribution in [0.2, 0.25) is 0 Å². The summed E-state index contributed by atoms with van der Waals surface area (Å²) in [5.74, 6) is 0.775. The van der Waals surface area contributed by atoms with Crippen molar-refractivity contribution in [2.75, 3.05) is 44.6 Å². The third-order valence-corrected chi connectivity index (χ3v) is 5.60. The Morgan fingerprint density at radius 2 is 2.06 bits per heavy atom. The standard InChI is InChI=1S/C12H22BrN3S/c1-10(2)9-15-3-5-16(6-4-15)12-14-8-11(7-13)17-12/h10-11H,3-9H2,1-2H3. The second-order valence-corrected chi connectivity index (χ2v) is 7.11. The van der Waals surface area contributed by atoms with E-state index >= 15 is 0 Å². The van der Waals surface area contributed by atoms with E-state index in [-0.39, 0.29) is 0 Å². The van der Waals surface area contributed by atoms with Gasteiger partial charge in [0.2, 0.25) is 0 Å². The van der Waals surface area contributed by atoms with Crippen LogP contribution in [0.1, 0.15) is 13.8 Å². The van der Waals surface area contributed by atoms with E-state index in [1.165, 1.54) is 24.8 Å². The Kier molecular flexibility index (Phi) is 5.18. The van der Waals surface area contributed by atoms with Gasteiger partial charge in [-0.25, -0.2) is 0 Å². The number of hydrogen-bond donors (Lipinski definition) is 0. The molecule has 1 saturated heterocycles. The molecule has 0 amide bonds. The minimum Gasteiger partial charge on any atom is -0.349 e. The summed E-state index contributed by atoms with van der Waals surface area (Å²) in [5.41, 5.74) is 0. The maximum Gasteiger partial charge on any atom is 0.159 e. The van der Waals surface area contributed by atoms with Crippen molar-refractivity contribution < 1.29 is 0 Å². The highest BCUT2D eigenvalue weighted by molar-refractivity contribution is 9.09. The number of amidine groups is 1. The lowest BCUT2D eigenvalue weighted by Gasteiger charge is -2.36. The second-order valence-electron chi connectivity index (χ2n) is 5.20. The van der Waals surface area contributed by atoms with Gasteiger partial charge in [0, 0.05) is 43.3 Å². The first-order valence-corrected chi connectivity index (χ1v) is 8.43. The zero-order chi connectivity index (χ0) is 12.3. The van der Waals surface area contributed by atoms with Gasteiger partial charge >= 0.3 is 0 Å². The first-order valence-electron chi connectivity index (χ1n) is 6.43. The molecule has 1 atom stereocenters. The highest BCUT2D eigenvalue weighted by atomic mass is 79.9. The molecule has 0 aromatic heterocycles. The van der Waals surface area contributed by atoms with Crippen molar-refractivity contribution in [2.24, 2.45) is 10.9 Å². The maximum absolute atomic E-state index is 4.65. The summed E-state index contributed by atoms with van der Waals surface area (Å²) in [6, 6.07) is 0. The summed E-state index contributed by atoms with van der Waals surface area (Å²) in [7, 11) is 0. The summed E-state index contributed by atoms with van der Waals surface area (Å²) < 4.78 is 0. The minimum absolute atomic E-state index is 0.652. The summed E-state index contributed by atoms with van der Waals surface area (Å²) >= 11 is 5.49. The lowest BCUT2D eigenvalue weighted by atomic mass is 10.2. The van der Waals surface area contributed by atoms with Gasteiger partial charge in [-0.1, -0.05) is 41.5 Å². The third kappa shape index (κ3) is 3.86. The van der Waals surface area contributed by atoms with Gasteiger partial charge in [0.15, 0.2) is 5.17 Å². The molecular formula is C12H22BrN3S. The quantitative estimate of drug-likeness (QED) is 0.743. The average Bonchev–Trinajstić information content (AvgIpc) is 2.78. The van der Waals surface area contributed by atoms with Crippen molar-refractivity contribution in [1.82, 2.24) is 9.80 Å². The fraction of sp³-hybridized carbons (Fsp3) is 0.917. The Morgan fingerprint density at radius 3 is 2.59 bits per heavy atom. The molecule has 98 valence electrons. The molecule has 2 heterocycles. The van der Waals surface area contributed by atoms with Crippen LogP contribution in [0.4, 0.5) is 0 Å². The average molecular weight is 320 g/mol. The van der Waals surface area contributed by atoms with Crippen LogP contribution in [0.5, 0.6) is 0 Å². The zero-order valence-corrected chi connectivity index (χ0v) is 13.1. The van der Waals surface area contributed by atoms with Gasteiger partial charge in [-0.15, -0.1) is 0 Å². The molecule has 0 aromatic rings. The normalized spacial score (nSPS) is 26.7. The molecule has 0 bridgehead atoms. The van der Waals surface area contributed by atoms with Gasteiger partial charge in [-0.2, -0.15) is 0 Å². The van der Waals surface area contributed by atoms with Crippen molar-refractivity contribution in [1.29, 1.82) is 0 Å². The summed E-state index contributed by atoms with van der Waals surface area (Å²) in [6.45, 7) is 11.5. The van der Waals surface area contributed by atoms with E-state index in [4.69, 9.17) is 0 Å². The number of nitrogens with zero attached hydrogens (tertiary/aromatic N) is 3. The SMILES string of the molecule is CC(C)CN1CCN(C2=NCC(CBr)S2)CC1. The number of alkyl halides is 1. The van der Waals surface area contributed by atoms with Crippen molar-refractivity contribution in [3.8, 4) is 0 Å². The van der Waals surface area contributed by atoms with Crippen LogP contribution < -0.4 is 0 Å². The molecule has 3 nitrogen and oxygen atoms in total. The zero-order valence-electron chi connectivity index (χ0n) is 10.7. The minimum atomic E-state index is 0.652. The topological polar surface area (TPSA) is 18.8 Å². The first kappa shape index (κ1) is 13.7. The van der Waals surface area contributed by atoms with E-state index in [0.717, 1.165) is 30.9 Å². The Bertz CT molecular complexity index is 275. The van der Waals surface area contributed by atoms with Gasteiger partial charge in [0.25, 0.3) is 0 Å². The van der Waals surface area contributed by atoms with Crippen LogP contribution in [-0.4, -0.2) is 64.8 Å². The molecule has 0 saturated carbocycles. The lowest BCUT2D eigenvalue weighted by Crippen LogP contribution is -2.48. The number of halogens is 1. The Morgan fingerprint density at radius 1 is 1.35 bits per heavy atom. The number of aliphatic imine (C=N–C) groups is 1. The van der Waals surface area contributed by atoms with E-state index in [0.29, 0.717) is 5.25 Å². The molecule has 2 rings (SSSR count). The highest BCUT2D eigenvalue weighted by Crippen LogP contribution is 2.25. The fourth-order valence-corrected chi connectivity index (χ4v) is 3.89. The molecule has 0 aliphatic carbocycles. The third-order valence-electron chi connectivity index (χ3n) is 3.14. The molecule has 1 unspecified atom stereocenters. The van der Waals surface area contributed by atoms with Crippen molar-refractivity contribution in [3.63, 3.8) is 0 Å². The van der Waals surface area contributed by atoms with E-state index in [2.05, 4.69) is 44.6 Å². The van der Waals surface area contributed by atoms with Gasteiger partial charge in [0.1, 0.15) is 0 Å². The van der Waals surface area contributed by atoms with Gasteiger partial charge in [-0.05, 0) is 5.92 Å². The van der Waals surface area contributed by atoms with Gasteiger partial charge < -0.3 is 4.90 Å². The van der Waals surface area contributed by atoms with Crippen molar-refractivity contribution >= 4 is 32.9 Å². The second kappa shape index (κ2) is 6.43. The molecule has 2 aliphatic heterocycles. The molecule has 0 aromatic carbocycles. The van der Waals surface area contributed by atoms with Crippen LogP contribution in [0.25, 0.3) is 0 Å². The molecular weight excluding hydrogens is 298 g/mol. The Balaban J connectivity index is 1.76. The van der Waals surface area contributed by atoms with Gasteiger partial charge in [0.05, 0.1) is 6.54 Å². The van der Waals surface area contributed by atoms with Crippen LogP contribution in [-0.2, 0) is 0 Å². The number of rotatable bonds is 3. The van der Waals surface area contributed by atoms with Crippen LogP contribution in [0, 0.1) is 5.92 Å². The van der Waals surface area contributed by atoms with E-state index in [9.17, 15) is 0 Å². The molecule has 0 spiro atoms. The molecule has 0 N–H and O–H groups in total. The van der Waals surface area contributed by atoms with Crippen molar-refractivity contribution in [3.05, 3.63) is 0 Å². The Labute approximate surface area is 117 Å². The number of piperazine rings is 1.